The Labute approximate surface area is 134 Å². The highest BCUT2D eigenvalue weighted by Crippen LogP contribution is 2.40. The van der Waals surface area contributed by atoms with E-state index in [1.54, 1.807) is 6.33 Å². The van der Waals surface area contributed by atoms with Crippen molar-refractivity contribution >= 4 is 11.6 Å². The fraction of sp³-hybridized carbons (Fsp3) is 0.500. The third-order valence-electron chi connectivity index (χ3n) is 4.75. The lowest BCUT2D eigenvalue weighted by Crippen LogP contribution is -2.40. The first-order chi connectivity index (χ1) is 10.7. The smallest absolute Gasteiger partial charge is 0.163 e. The Morgan fingerprint density at radius 2 is 2.27 bits per heavy atom. The van der Waals surface area contributed by atoms with Crippen LogP contribution in [0, 0.1) is 0 Å². The molecule has 6 heteroatoms. The second-order valence-electron chi connectivity index (χ2n) is 6.02. The maximum absolute atomic E-state index is 6.34. The summed E-state index contributed by atoms with van der Waals surface area (Å²) in [6.07, 6.45) is 3.91. The minimum absolute atomic E-state index is 0.00974. The second-order valence-corrected chi connectivity index (χ2v) is 6.42. The van der Waals surface area contributed by atoms with Crippen molar-refractivity contribution in [1.29, 1.82) is 0 Å². The average Bonchev–Trinajstić information content (AvgIpc) is 3.14. The Kier molecular flexibility index (Phi) is 3.64. The van der Waals surface area contributed by atoms with Crippen molar-refractivity contribution in [2.24, 2.45) is 7.05 Å². The summed E-state index contributed by atoms with van der Waals surface area (Å²) in [4.78, 5) is 2.50. The molecule has 1 fully saturated rings. The van der Waals surface area contributed by atoms with Crippen molar-refractivity contribution in [2.75, 3.05) is 19.7 Å². The highest BCUT2D eigenvalue weighted by Gasteiger charge is 2.34. The quantitative estimate of drug-likeness (QED) is 0.853. The van der Waals surface area contributed by atoms with E-state index in [9.17, 15) is 0 Å². The van der Waals surface area contributed by atoms with E-state index in [0.717, 1.165) is 43.4 Å². The van der Waals surface area contributed by atoms with Crippen LogP contribution < -0.4 is 0 Å². The largest absolute Gasteiger partial charge is 0.368 e. The molecule has 0 radical (unpaired) electrons. The number of rotatable bonds is 2. The van der Waals surface area contributed by atoms with Gasteiger partial charge in [-0.05, 0) is 30.0 Å². The van der Waals surface area contributed by atoms with Crippen LogP contribution in [0.3, 0.4) is 0 Å². The van der Waals surface area contributed by atoms with Crippen molar-refractivity contribution in [3.63, 3.8) is 0 Å². The van der Waals surface area contributed by atoms with E-state index in [0.29, 0.717) is 6.04 Å². The average molecular weight is 319 g/mol. The molecule has 2 unspecified atom stereocenters. The number of hydrogen-bond acceptors (Lipinski definition) is 4. The molecular formula is C16H19ClN4O. The SMILES string of the molecule is Cn1cnnc1C1CN(C2CCc3c(Cl)cccc32)CCO1. The third-order valence-corrected chi connectivity index (χ3v) is 5.11. The molecule has 0 bridgehead atoms. The Balaban J connectivity index is 1.57. The van der Waals surface area contributed by atoms with Crippen LogP contribution in [0.5, 0.6) is 0 Å². The number of hydrogen-bond donors (Lipinski definition) is 0. The maximum Gasteiger partial charge on any atom is 0.163 e. The van der Waals surface area contributed by atoms with Crippen molar-refractivity contribution < 1.29 is 4.74 Å². The Morgan fingerprint density at radius 3 is 3.09 bits per heavy atom. The molecule has 1 aromatic heterocycles. The molecule has 22 heavy (non-hydrogen) atoms. The summed E-state index contributed by atoms with van der Waals surface area (Å²) in [5, 5.41) is 9.06. The lowest BCUT2D eigenvalue weighted by atomic mass is 10.1. The van der Waals surface area contributed by atoms with E-state index in [2.05, 4.69) is 27.2 Å². The van der Waals surface area contributed by atoms with Gasteiger partial charge >= 0.3 is 0 Å². The molecule has 4 rings (SSSR count). The molecule has 5 nitrogen and oxygen atoms in total. The van der Waals surface area contributed by atoms with Gasteiger partial charge in [-0.3, -0.25) is 4.90 Å². The first-order valence-electron chi connectivity index (χ1n) is 7.71. The number of fused-ring (bicyclic) bond motifs is 1. The minimum Gasteiger partial charge on any atom is -0.368 e. The molecule has 2 aromatic rings. The van der Waals surface area contributed by atoms with Crippen molar-refractivity contribution in [3.05, 3.63) is 46.5 Å². The van der Waals surface area contributed by atoms with Gasteiger partial charge in [0, 0.05) is 31.2 Å². The minimum atomic E-state index is -0.00974. The van der Waals surface area contributed by atoms with E-state index in [-0.39, 0.29) is 6.10 Å². The molecule has 0 saturated carbocycles. The van der Waals surface area contributed by atoms with E-state index in [1.807, 2.05) is 17.7 Å². The summed E-state index contributed by atoms with van der Waals surface area (Å²) < 4.78 is 7.85. The number of ether oxygens (including phenoxy) is 1. The summed E-state index contributed by atoms with van der Waals surface area (Å²) in [5.74, 6) is 0.897. The molecule has 116 valence electrons. The van der Waals surface area contributed by atoms with Crippen molar-refractivity contribution in [3.8, 4) is 0 Å². The summed E-state index contributed by atoms with van der Waals surface area (Å²) in [7, 11) is 1.96. The van der Waals surface area contributed by atoms with E-state index in [4.69, 9.17) is 16.3 Å². The van der Waals surface area contributed by atoms with Gasteiger partial charge in [-0.25, -0.2) is 0 Å². The Morgan fingerprint density at radius 1 is 1.36 bits per heavy atom. The van der Waals surface area contributed by atoms with Crippen LogP contribution >= 0.6 is 11.6 Å². The molecule has 1 saturated heterocycles. The van der Waals surface area contributed by atoms with Gasteiger partial charge in [-0.15, -0.1) is 10.2 Å². The predicted molar refractivity (Wildman–Crippen MR) is 83.8 cm³/mol. The van der Waals surface area contributed by atoms with Gasteiger partial charge in [0.15, 0.2) is 5.82 Å². The van der Waals surface area contributed by atoms with Crippen molar-refractivity contribution in [2.45, 2.75) is 25.0 Å². The highest BCUT2D eigenvalue weighted by molar-refractivity contribution is 6.31. The first-order valence-corrected chi connectivity index (χ1v) is 8.08. The zero-order valence-corrected chi connectivity index (χ0v) is 13.3. The number of halogens is 1. The van der Waals surface area contributed by atoms with Gasteiger partial charge in [0.1, 0.15) is 12.4 Å². The van der Waals surface area contributed by atoms with Crippen LogP contribution in [0.25, 0.3) is 0 Å². The molecule has 2 aliphatic rings. The van der Waals surface area contributed by atoms with Gasteiger partial charge in [0.05, 0.1) is 6.61 Å². The molecule has 1 aliphatic heterocycles. The van der Waals surface area contributed by atoms with Gasteiger partial charge in [0.25, 0.3) is 0 Å². The number of nitrogens with zero attached hydrogens (tertiary/aromatic N) is 4. The van der Waals surface area contributed by atoms with E-state index < -0.39 is 0 Å². The zero-order chi connectivity index (χ0) is 15.1. The van der Waals surface area contributed by atoms with Gasteiger partial charge in [0.2, 0.25) is 0 Å². The summed E-state index contributed by atoms with van der Waals surface area (Å²) in [5.41, 5.74) is 2.70. The monoisotopic (exact) mass is 318 g/mol. The standard InChI is InChI=1S/C16H19ClN4O/c1-20-10-18-19-16(20)15-9-21(7-8-22-15)14-6-5-11-12(14)3-2-4-13(11)17/h2-4,10,14-15H,5-9H2,1H3. The summed E-state index contributed by atoms with van der Waals surface area (Å²) in [6, 6.07) is 6.70. The van der Waals surface area contributed by atoms with Crippen LogP contribution in [0.4, 0.5) is 0 Å². The summed E-state index contributed by atoms with van der Waals surface area (Å²) in [6.45, 7) is 2.53. The molecular weight excluding hydrogens is 300 g/mol. The summed E-state index contributed by atoms with van der Waals surface area (Å²) >= 11 is 6.34. The molecule has 0 spiro atoms. The molecule has 2 heterocycles. The van der Waals surface area contributed by atoms with E-state index >= 15 is 0 Å². The molecule has 1 aliphatic carbocycles. The van der Waals surface area contributed by atoms with E-state index in [1.165, 1.54) is 11.1 Å². The van der Waals surface area contributed by atoms with Crippen LogP contribution in [0.1, 0.15) is 35.5 Å². The normalized spacial score (nSPS) is 25.4. The van der Waals surface area contributed by atoms with Gasteiger partial charge in [-0.2, -0.15) is 0 Å². The van der Waals surface area contributed by atoms with Crippen LogP contribution in [0.15, 0.2) is 24.5 Å². The first kappa shape index (κ1) is 14.2. The fourth-order valence-corrected chi connectivity index (χ4v) is 3.94. The van der Waals surface area contributed by atoms with Crippen molar-refractivity contribution in [1.82, 2.24) is 19.7 Å². The Hall–Kier alpha value is -1.43. The lowest BCUT2D eigenvalue weighted by molar-refractivity contribution is -0.0505. The third kappa shape index (κ3) is 2.33. The number of benzene rings is 1. The van der Waals surface area contributed by atoms with Gasteiger partial charge < -0.3 is 9.30 Å². The maximum atomic E-state index is 6.34. The molecule has 1 aromatic carbocycles. The molecule has 0 amide bonds. The topological polar surface area (TPSA) is 43.2 Å². The number of aryl methyl sites for hydroxylation is 1. The van der Waals surface area contributed by atoms with Crippen LogP contribution in [-0.4, -0.2) is 39.4 Å². The zero-order valence-electron chi connectivity index (χ0n) is 12.6. The lowest BCUT2D eigenvalue weighted by Gasteiger charge is -2.36. The molecule has 2 atom stereocenters. The number of aromatic nitrogens is 3. The second kappa shape index (κ2) is 5.65. The highest BCUT2D eigenvalue weighted by atomic mass is 35.5. The van der Waals surface area contributed by atoms with Crippen LogP contribution in [-0.2, 0) is 18.2 Å². The predicted octanol–water partition coefficient (Wildman–Crippen LogP) is 2.53. The van der Waals surface area contributed by atoms with Gasteiger partial charge in [-0.1, -0.05) is 23.7 Å². The number of morpholine rings is 1. The fourth-order valence-electron chi connectivity index (χ4n) is 3.66. The van der Waals surface area contributed by atoms with Crippen LogP contribution in [0.2, 0.25) is 5.02 Å². The Bertz CT molecular complexity index is 687. The molecule has 0 N–H and O–H groups in total.